The zero-order valence-electron chi connectivity index (χ0n) is 6.39. The van der Waals surface area contributed by atoms with Crippen LogP contribution in [0.15, 0.2) is 12.1 Å². The zero-order chi connectivity index (χ0) is 7.56. The van der Waals surface area contributed by atoms with E-state index in [4.69, 9.17) is 11.6 Å². The summed E-state index contributed by atoms with van der Waals surface area (Å²) in [5.41, 5.74) is 2.58. The van der Waals surface area contributed by atoms with Gasteiger partial charge in [-0.25, -0.2) is 0 Å². The van der Waals surface area contributed by atoms with E-state index in [-0.39, 0.29) is 0 Å². The third-order valence-corrected chi connectivity index (χ3v) is 1.89. The van der Waals surface area contributed by atoms with Gasteiger partial charge in [0.25, 0.3) is 0 Å². The Morgan fingerprint density at radius 3 is 2.20 bits per heavy atom. The molecular formula is C8H12ClN. The summed E-state index contributed by atoms with van der Waals surface area (Å²) in [7, 11) is 0. The maximum absolute atomic E-state index is 5.62. The summed E-state index contributed by atoms with van der Waals surface area (Å²) in [6, 6.07) is 4.23. The Hall–Kier alpha value is -0.430. The van der Waals surface area contributed by atoms with Gasteiger partial charge in [-0.2, -0.15) is 0 Å². The topological polar surface area (TPSA) is 4.93 Å². The fourth-order valence-corrected chi connectivity index (χ4v) is 1.31. The van der Waals surface area contributed by atoms with Crippen molar-refractivity contribution in [1.82, 2.24) is 4.57 Å². The molecule has 0 aliphatic heterocycles. The maximum Gasteiger partial charge on any atom is 0.0403 e. The Bertz CT molecular complexity index is 196. The van der Waals surface area contributed by atoms with E-state index < -0.39 is 0 Å². The Morgan fingerprint density at radius 1 is 1.30 bits per heavy atom. The lowest BCUT2D eigenvalue weighted by Gasteiger charge is -2.04. The van der Waals surface area contributed by atoms with Crippen LogP contribution in [-0.4, -0.2) is 10.4 Å². The molecule has 0 amide bonds. The van der Waals surface area contributed by atoms with Gasteiger partial charge in [-0.3, -0.25) is 0 Å². The third kappa shape index (κ3) is 1.35. The third-order valence-electron chi connectivity index (χ3n) is 1.73. The molecule has 0 bridgehead atoms. The van der Waals surface area contributed by atoms with Gasteiger partial charge >= 0.3 is 0 Å². The molecule has 0 radical (unpaired) electrons. The molecule has 0 saturated carbocycles. The molecule has 56 valence electrons. The van der Waals surface area contributed by atoms with Gasteiger partial charge in [0.15, 0.2) is 0 Å². The lowest BCUT2D eigenvalue weighted by molar-refractivity contribution is 0.723. The minimum absolute atomic E-state index is 0.691. The zero-order valence-corrected chi connectivity index (χ0v) is 7.15. The van der Waals surface area contributed by atoms with Gasteiger partial charge in [-0.15, -0.1) is 11.6 Å². The summed E-state index contributed by atoms with van der Waals surface area (Å²) in [4.78, 5) is 0. The van der Waals surface area contributed by atoms with Crippen LogP contribution in [0.25, 0.3) is 0 Å². The van der Waals surface area contributed by atoms with Gasteiger partial charge in [-0.05, 0) is 26.0 Å². The van der Waals surface area contributed by atoms with Crippen molar-refractivity contribution in [3.05, 3.63) is 23.5 Å². The lowest BCUT2D eigenvalue weighted by atomic mass is 10.5. The Balaban J connectivity index is 2.87. The Morgan fingerprint density at radius 2 is 1.80 bits per heavy atom. The number of hydrogen-bond acceptors (Lipinski definition) is 0. The number of nitrogens with zero attached hydrogens (tertiary/aromatic N) is 1. The van der Waals surface area contributed by atoms with E-state index in [1.165, 1.54) is 11.4 Å². The van der Waals surface area contributed by atoms with Gasteiger partial charge in [0, 0.05) is 23.8 Å². The molecule has 2 heteroatoms. The summed E-state index contributed by atoms with van der Waals surface area (Å²) in [6.07, 6.45) is 0. The summed E-state index contributed by atoms with van der Waals surface area (Å²) >= 11 is 5.62. The number of rotatable bonds is 2. The molecule has 0 saturated heterocycles. The van der Waals surface area contributed by atoms with Crippen molar-refractivity contribution >= 4 is 11.6 Å². The summed E-state index contributed by atoms with van der Waals surface area (Å²) < 4.78 is 2.22. The van der Waals surface area contributed by atoms with Gasteiger partial charge in [0.1, 0.15) is 0 Å². The predicted molar refractivity (Wildman–Crippen MR) is 44.6 cm³/mol. The molecule has 1 aromatic rings. The minimum atomic E-state index is 0.691. The monoisotopic (exact) mass is 157 g/mol. The highest BCUT2D eigenvalue weighted by molar-refractivity contribution is 6.17. The fourth-order valence-electron chi connectivity index (χ4n) is 1.14. The van der Waals surface area contributed by atoms with E-state index in [1.54, 1.807) is 0 Å². The molecular weight excluding hydrogens is 146 g/mol. The van der Waals surface area contributed by atoms with Crippen molar-refractivity contribution in [1.29, 1.82) is 0 Å². The van der Waals surface area contributed by atoms with Gasteiger partial charge in [0.05, 0.1) is 0 Å². The first-order chi connectivity index (χ1) is 4.75. The highest BCUT2D eigenvalue weighted by Gasteiger charge is 1.97. The number of aromatic nitrogens is 1. The number of halogens is 1. The smallest absolute Gasteiger partial charge is 0.0403 e. The summed E-state index contributed by atoms with van der Waals surface area (Å²) in [5.74, 6) is 0.691. The molecule has 0 aromatic carbocycles. The van der Waals surface area contributed by atoms with E-state index in [1.807, 2.05) is 0 Å². The molecule has 0 spiro atoms. The predicted octanol–water partition coefficient (Wildman–Crippen LogP) is 2.34. The van der Waals surface area contributed by atoms with Crippen LogP contribution in [-0.2, 0) is 6.54 Å². The Labute approximate surface area is 66.6 Å². The maximum atomic E-state index is 5.62. The van der Waals surface area contributed by atoms with Crippen molar-refractivity contribution in [2.45, 2.75) is 20.4 Å². The standard InChI is InChI=1S/C8H12ClN/c1-7-3-4-8(2)10(7)6-5-9/h3-4H,5-6H2,1-2H3. The first kappa shape index (κ1) is 7.67. The molecule has 10 heavy (non-hydrogen) atoms. The second-order valence-corrected chi connectivity index (χ2v) is 2.83. The first-order valence-corrected chi connectivity index (χ1v) is 3.98. The summed E-state index contributed by atoms with van der Waals surface area (Å²) in [5, 5.41) is 0. The number of alkyl halides is 1. The normalized spacial score (nSPS) is 10.3. The van der Waals surface area contributed by atoms with Gasteiger partial charge < -0.3 is 4.57 Å². The molecule has 0 fully saturated rings. The molecule has 0 aliphatic carbocycles. The average molecular weight is 158 g/mol. The molecule has 0 N–H and O–H groups in total. The molecule has 1 heterocycles. The van der Waals surface area contributed by atoms with Crippen molar-refractivity contribution in [2.75, 3.05) is 5.88 Å². The molecule has 1 nitrogen and oxygen atoms in total. The molecule has 1 rings (SSSR count). The Kier molecular flexibility index (Phi) is 2.39. The van der Waals surface area contributed by atoms with E-state index in [2.05, 4.69) is 30.5 Å². The number of hydrogen-bond donors (Lipinski definition) is 0. The van der Waals surface area contributed by atoms with E-state index in [0.29, 0.717) is 5.88 Å². The molecule has 0 unspecified atom stereocenters. The van der Waals surface area contributed by atoms with E-state index in [9.17, 15) is 0 Å². The van der Waals surface area contributed by atoms with Crippen LogP contribution in [0, 0.1) is 13.8 Å². The molecule has 1 aromatic heterocycles. The molecule has 0 atom stereocenters. The largest absolute Gasteiger partial charge is 0.348 e. The minimum Gasteiger partial charge on any atom is -0.348 e. The van der Waals surface area contributed by atoms with Gasteiger partial charge in [0.2, 0.25) is 0 Å². The van der Waals surface area contributed by atoms with E-state index >= 15 is 0 Å². The van der Waals surface area contributed by atoms with Crippen LogP contribution in [0.1, 0.15) is 11.4 Å². The summed E-state index contributed by atoms with van der Waals surface area (Å²) in [6.45, 7) is 5.12. The highest BCUT2D eigenvalue weighted by atomic mass is 35.5. The quantitative estimate of drug-likeness (QED) is 0.581. The van der Waals surface area contributed by atoms with Crippen LogP contribution in [0.5, 0.6) is 0 Å². The van der Waals surface area contributed by atoms with Crippen molar-refractivity contribution in [2.24, 2.45) is 0 Å². The second-order valence-electron chi connectivity index (χ2n) is 2.46. The van der Waals surface area contributed by atoms with Crippen molar-refractivity contribution in [3.63, 3.8) is 0 Å². The van der Waals surface area contributed by atoms with Crippen molar-refractivity contribution < 1.29 is 0 Å². The lowest BCUT2D eigenvalue weighted by Crippen LogP contribution is -2.02. The van der Waals surface area contributed by atoms with Crippen molar-refractivity contribution in [3.8, 4) is 0 Å². The second kappa shape index (κ2) is 3.11. The van der Waals surface area contributed by atoms with Crippen LogP contribution < -0.4 is 0 Å². The SMILES string of the molecule is Cc1ccc(C)n1CCCl. The van der Waals surface area contributed by atoms with E-state index in [0.717, 1.165) is 6.54 Å². The fraction of sp³-hybridized carbons (Fsp3) is 0.500. The van der Waals surface area contributed by atoms with Crippen LogP contribution in [0.4, 0.5) is 0 Å². The highest BCUT2D eigenvalue weighted by Crippen LogP contribution is 2.06. The average Bonchev–Trinajstić information content (AvgIpc) is 2.20. The van der Waals surface area contributed by atoms with Gasteiger partial charge in [-0.1, -0.05) is 0 Å². The van der Waals surface area contributed by atoms with Crippen LogP contribution >= 0.6 is 11.6 Å². The first-order valence-electron chi connectivity index (χ1n) is 3.44. The number of aryl methyl sites for hydroxylation is 2. The van der Waals surface area contributed by atoms with Crippen LogP contribution in [0.2, 0.25) is 0 Å². The van der Waals surface area contributed by atoms with Crippen LogP contribution in [0.3, 0.4) is 0 Å². The molecule has 0 aliphatic rings.